The number of hydrogen-bond acceptors (Lipinski definition) is 4. The molecule has 0 aromatic heterocycles. The molecule has 2 aliphatic rings. The van der Waals surface area contributed by atoms with E-state index < -0.39 is 0 Å². The summed E-state index contributed by atoms with van der Waals surface area (Å²) in [6, 6.07) is 8.26. The first-order valence-electron chi connectivity index (χ1n) is 9.20. The second-order valence-electron chi connectivity index (χ2n) is 6.83. The fourth-order valence-corrected chi connectivity index (χ4v) is 4.48. The summed E-state index contributed by atoms with van der Waals surface area (Å²) in [6.45, 7) is 5.42. The predicted octanol–water partition coefficient (Wildman–Crippen LogP) is 2.95. The van der Waals surface area contributed by atoms with Crippen molar-refractivity contribution >= 4 is 23.4 Å². The van der Waals surface area contributed by atoms with E-state index in [0.717, 1.165) is 44.8 Å². The minimum Gasteiger partial charge on any atom is -0.326 e. The van der Waals surface area contributed by atoms with Crippen LogP contribution in [0.1, 0.15) is 31.2 Å². The number of hydrogen-bond donors (Lipinski definition) is 2. The van der Waals surface area contributed by atoms with Crippen molar-refractivity contribution in [3.05, 3.63) is 29.8 Å². The van der Waals surface area contributed by atoms with Crippen molar-refractivity contribution in [2.45, 2.75) is 32.2 Å². The highest BCUT2D eigenvalue weighted by Crippen LogP contribution is 2.21. The zero-order chi connectivity index (χ0) is 16.6. The molecular formula is C19H29N3OS. The van der Waals surface area contributed by atoms with Crippen LogP contribution in [0.5, 0.6) is 0 Å². The van der Waals surface area contributed by atoms with Gasteiger partial charge < -0.3 is 10.6 Å². The Morgan fingerprint density at radius 2 is 1.96 bits per heavy atom. The number of para-hydroxylation sites is 1. The normalized spacial score (nSPS) is 20.0. The molecule has 0 atom stereocenters. The lowest BCUT2D eigenvalue weighted by molar-refractivity contribution is -0.116. The SMILES string of the molecule is O=C(CCC1CCNCC1)Nc1ccccc1CN1CCSCC1. The molecule has 1 amide bonds. The third kappa shape index (κ3) is 5.50. The second-order valence-corrected chi connectivity index (χ2v) is 8.05. The van der Waals surface area contributed by atoms with Crippen LogP contribution < -0.4 is 10.6 Å². The van der Waals surface area contributed by atoms with Gasteiger partial charge in [-0.2, -0.15) is 11.8 Å². The molecule has 0 saturated carbocycles. The molecule has 2 N–H and O–H groups in total. The molecule has 2 aliphatic heterocycles. The van der Waals surface area contributed by atoms with Gasteiger partial charge in [0.15, 0.2) is 0 Å². The summed E-state index contributed by atoms with van der Waals surface area (Å²) in [4.78, 5) is 14.8. The highest BCUT2D eigenvalue weighted by atomic mass is 32.2. The maximum absolute atomic E-state index is 12.4. The predicted molar refractivity (Wildman–Crippen MR) is 103 cm³/mol. The summed E-state index contributed by atoms with van der Waals surface area (Å²) in [5, 5.41) is 6.53. The van der Waals surface area contributed by atoms with E-state index in [1.807, 2.05) is 23.9 Å². The summed E-state index contributed by atoms with van der Waals surface area (Å²) in [5.41, 5.74) is 2.23. The average molecular weight is 348 g/mol. The number of carbonyl (C=O) groups is 1. The van der Waals surface area contributed by atoms with E-state index >= 15 is 0 Å². The molecule has 1 aromatic carbocycles. The number of nitrogens with zero attached hydrogens (tertiary/aromatic N) is 1. The number of thioether (sulfide) groups is 1. The smallest absolute Gasteiger partial charge is 0.224 e. The number of carbonyl (C=O) groups excluding carboxylic acids is 1. The van der Waals surface area contributed by atoms with E-state index in [9.17, 15) is 4.79 Å². The molecule has 0 aliphatic carbocycles. The Morgan fingerprint density at radius 3 is 2.75 bits per heavy atom. The first kappa shape index (κ1) is 17.8. The van der Waals surface area contributed by atoms with E-state index in [1.54, 1.807) is 0 Å². The van der Waals surface area contributed by atoms with Gasteiger partial charge in [-0.1, -0.05) is 18.2 Å². The van der Waals surface area contributed by atoms with Gasteiger partial charge in [0, 0.05) is 43.2 Å². The molecule has 5 heteroatoms. The molecule has 132 valence electrons. The number of rotatable bonds is 6. The quantitative estimate of drug-likeness (QED) is 0.830. The van der Waals surface area contributed by atoms with Crippen molar-refractivity contribution in [1.82, 2.24) is 10.2 Å². The molecule has 4 nitrogen and oxygen atoms in total. The van der Waals surface area contributed by atoms with Crippen LogP contribution in [-0.2, 0) is 11.3 Å². The molecule has 2 saturated heterocycles. The monoisotopic (exact) mass is 347 g/mol. The highest BCUT2D eigenvalue weighted by molar-refractivity contribution is 7.99. The Bertz CT molecular complexity index is 525. The molecule has 3 rings (SSSR count). The number of benzene rings is 1. The fraction of sp³-hybridized carbons (Fsp3) is 0.632. The largest absolute Gasteiger partial charge is 0.326 e. The molecule has 1 aromatic rings. The van der Waals surface area contributed by atoms with Crippen molar-refractivity contribution in [3.8, 4) is 0 Å². The third-order valence-electron chi connectivity index (χ3n) is 5.03. The van der Waals surface area contributed by atoms with Crippen molar-refractivity contribution < 1.29 is 4.79 Å². The third-order valence-corrected chi connectivity index (χ3v) is 5.97. The maximum Gasteiger partial charge on any atom is 0.224 e. The van der Waals surface area contributed by atoms with Gasteiger partial charge in [0.05, 0.1) is 0 Å². The Hall–Kier alpha value is -1.04. The zero-order valence-corrected chi connectivity index (χ0v) is 15.2. The van der Waals surface area contributed by atoms with Gasteiger partial charge in [-0.05, 0) is 49.9 Å². The van der Waals surface area contributed by atoms with Crippen LogP contribution in [-0.4, -0.2) is 48.5 Å². The van der Waals surface area contributed by atoms with Crippen LogP contribution >= 0.6 is 11.8 Å². The summed E-state index contributed by atoms with van der Waals surface area (Å²) in [6.07, 6.45) is 4.06. The van der Waals surface area contributed by atoms with Crippen molar-refractivity contribution in [2.75, 3.05) is 43.0 Å². The minimum atomic E-state index is 0.162. The lowest BCUT2D eigenvalue weighted by Gasteiger charge is -2.27. The summed E-state index contributed by atoms with van der Waals surface area (Å²) in [7, 11) is 0. The van der Waals surface area contributed by atoms with Gasteiger partial charge >= 0.3 is 0 Å². The number of amides is 1. The molecule has 0 unspecified atom stereocenters. The number of anilines is 1. The standard InChI is InChI=1S/C19H29N3OS/c23-19(6-5-16-7-9-20-10-8-16)21-18-4-2-1-3-17(18)15-22-11-13-24-14-12-22/h1-4,16,20H,5-15H2,(H,21,23). The topological polar surface area (TPSA) is 44.4 Å². The summed E-state index contributed by atoms with van der Waals surface area (Å²) >= 11 is 2.03. The van der Waals surface area contributed by atoms with Gasteiger partial charge in [0.1, 0.15) is 0 Å². The Kier molecular flexibility index (Phi) is 6.99. The molecule has 2 fully saturated rings. The molecule has 0 bridgehead atoms. The number of piperidine rings is 1. The molecular weight excluding hydrogens is 318 g/mol. The van der Waals surface area contributed by atoms with Crippen LogP contribution in [0, 0.1) is 5.92 Å². The van der Waals surface area contributed by atoms with Crippen molar-refractivity contribution in [2.24, 2.45) is 5.92 Å². The highest BCUT2D eigenvalue weighted by Gasteiger charge is 2.16. The van der Waals surface area contributed by atoms with Crippen LogP contribution in [0.3, 0.4) is 0 Å². The van der Waals surface area contributed by atoms with Crippen LogP contribution in [0.2, 0.25) is 0 Å². The van der Waals surface area contributed by atoms with Gasteiger partial charge in [0.25, 0.3) is 0 Å². The summed E-state index contributed by atoms with van der Waals surface area (Å²) < 4.78 is 0. The van der Waals surface area contributed by atoms with Gasteiger partial charge in [-0.15, -0.1) is 0 Å². The lowest BCUT2D eigenvalue weighted by atomic mass is 9.93. The van der Waals surface area contributed by atoms with E-state index in [1.165, 1.54) is 29.9 Å². The van der Waals surface area contributed by atoms with E-state index in [0.29, 0.717) is 12.3 Å². The zero-order valence-electron chi connectivity index (χ0n) is 14.4. The van der Waals surface area contributed by atoms with Crippen molar-refractivity contribution in [1.29, 1.82) is 0 Å². The summed E-state index contributed by atoms with van der Waals surface area (Å²) in [5.74, 6) is 3.29. The van der Waals surface area contributed by atoms with Gasteiger partial charge in [0.2, 0.25) is 5.91 Å². The second kappa shape index (κ2) is 9.44. The first-order chi connectivity index (χ1) is 11.8. The minimum absolute atomic E-state index is 0.162. The van der Waals surface area contributed by atoms with Gasteiger partial charge in [-0.3, -0.25) is 9.69 Å². The van der Waals surface area contributed by atoms with Crippen LogP contribution in [0.4, 0.5) is 5.69 Å². The Balaban J connectivity index is 1.50. The molecule has 2 heterocycles. The van der Waals surface area contributed by atoms with Crippen LogP contribution in [0.25, 0.3) is 0 Å². The Morgan fingerprint density at radius 1 is 1.21 bits per heavy atom. The van der Waals surface area contributed by atoms with Gasteiger partial charge in [-0.25, -0.2) is 0 Å². The average Bonchev–Trinajstić information content (AvgIpc) is 2.63. The maximum atomic E-state index is 12.4. The Labute approximate surface area is 149 Å². The van der Waals surface area contributed by atoms with E-state index in [2.05, 4.69) is 27.7 Å². The first-order valence-corrected chi connectivity index (χ1v) is 10.4. The molecule has 24 heavy (non-hydrogen) atoms. The number of nitrogens with one attached hydrogen (secondary N) is 2. The van der Waals surface area contributed by atoms with E-state index in [-0.39, 0.29) is 5.91 Å². The van der Waals surface area contributed by atoms with Crippen LogP contribution in [0.15, 0.2) is 24.3 Å². The lowest BCUT2D eigenvalue weighted by Crippen LogP contribution is -2.32. The fourth-order valence-electron chi connectivity index (χ4n) is 3.50. The molecule has 0 spiro atoms. The van der Waals surface area contributed by atoms with Crippen molar-refractivity contribution in [3.63, 3.8) is 0 Å². The van der Waals surface area contributed by atoms with E-state index in [4.69, 9.17) is 0 Å². The molecule has 0 radical (unpaired) electrons.